The lowest BCUT2D eigenvalue weighted by atomic mass is 10.2. The van der Waals surface area contributed by atoms with Crippen LogP contribution < -0.4 is 0 Å². The van der Waals surface area contributed by atoms with Gasteiger partial charge in [-0.2, -0.15) is 0 Å². The molecule has 1 aromatic carbocycles. The van der Waals surface area contributed by atoms with E-state index in [1.807, 2.05) is 0 Å². The maximum Gasteiger partial charge on any atom is 0.181 e. The number of nitrogens with zero attached hydrogens (tertiary/aromatic N) is 3. The number of aromatic amines is 1. The third-order valence-corrected chi connectivity index (χ3v) is 2.40. The van der Waals surface area contributed by atoms with Gasteiger partial charge in [-0.05, 0) is 18.2 Å². The number of nitrogens with one attached hydrogen (secondary N) is 1. The van der Waals surface area contributed by atoms with E-state index in [9.17, 15) is 10.2 Å². The summed E-state index contributed by atoms with van der Waals surface area (Å²) < 4.78 is 0. The third kappa shape index (κ3) is 1.55. The molecule has 6 heteroatoms. The van der Waals surface area contributed by atoms with Gasteiger partial charge in [-0.3, -0.25) is 0 Å². The first-order valence-electron chi connectivity index (χ1n) is 4.92. The molecule has 0 aliphatic rings. The molecule has 0 unspecified atom stereocenters. The van der Waals surface area contributed by atoms with Crippen LogP contribution >= 0.6 is 0 Å². The largest absolute Gasteiger partial charge is 0.508 e. The van der Waals surface area contributed by atoms with Crippen LogP contribution in [0.15, 0.2) is 30.7 Å². The predicted molar refractivity (Wildman–Crippen MR) is 60.4 cm³/mol. The molecule has 0 spiro atoms. The maximum atomic E-state index is 9.71. The van der Waals surface area contributed by atoms with E-state index in [0.717, 1.165) is 0 Å². The van der Waals surface area contributed by atoms with Crippen LogP contribution in [-0.2, 0) is 0 Å². The van der Waals surface area contributed by atoms with Gasteiger partial charge in [0.2, 0.25) is 0 Å². The molecule has 0 aliphatic carbocycles. The van der Waals surface area contributed by atoms with Crippen LogP contribution in [0.3, 0.4) is 0 Å². The van der Waals surface area contributed by atoms with E-state index in [2.05, 4.69) is 19.9 Å². The smallest absolute Gasteiger partial charge is 0.181 e. The Morgan fingerprint density at radius 1 is 1.18 bits per heavy atom. The summed E-state index contributed by atoms with van der Waals surface area (Å²) in [5.41, 5.74) is 1.60. The number of imidazole rings is 1. The summed E-state index contributed by atoms with van der Waals surface area (Å²) >= 11 is 0. The van der Waals surface area contributed by atoms with Crippen molar-refractivity contribution in [1.82, 2.24) is 19.9 Å². The Morgan fingerprint density at radius 3 is 2.88 bits per heavy atom. The SMILES string of the molecule is Oc1ccc(O)c(-c2nc3ncncc3[nH]2)c1. The number of hydrogen-bond donors (Lipinski definition) is 3. The lowest BCUT2D eigenvalue weighted by Gasteiger charge is -2.01. The van der Waals surface area contributed by atoms with Crippen LogP contribution in [0.5, 0.6) is 11.5 Å². The monoisotopic (exact) mass is 228 g/mol. The highest BCUT2D eigenvalue weighted by Gasteiger charge is 2.10. The van der Waals surface area contributed by atoms with E-state index in [0.29, 0.717) is 22.6 Å². The number of phenols is 2. The first kappa shape index (κ1) is 9.59. The Labute approximate surface area is 95.6 Å². The van der Waals surface area contributed by atoms with Crippen LogP contribution in [0.2, 0.25) is 0 Å². The van der Waals surface area contributed by atoms with Crippen molar-refractivity contribution in [2.24, 2.45) is 0 Å². The fourth-order valence-electron chi connectivity index (χ4n) is 1.60. The maximum absolute atomic E-state index is 9.71. The van der Waals surface area contributed by atoms with Crippen molar-refractivity contribution < 1.29 is 10.2 Å². The van der Waals surface area contributed by atoms with E-state index in [1.165, 1.54) is 24.5 Å². The highest BCUT2D eigenvalue weighted by atomic mass is 16.3. The molecule has 0 bridgehead atoms. The molecular formula is C11H8N4O2. The summed E-state index contributed by atoms with van der Waals surface area (Å²) in [6.45, 7) is 0. The Morgan fingerprint density at radius 2 is 2.06 bits per heavy atom. The first-order chi connectivity index (χ1) is 8.24. The van der Waals surface area contributed by atoms with Crippen LogP contribution in [0.1, 0.15) is 0 Å². The van der Waals surface area contributed by atoms with Crippen molar-refractivity contribution in [2.45, 2.75) is 0 Å². The molecule has 17 heavy (non-hydrogen) atoms. The summed E-state index contributed by atoms with van der Waals surface area (Å²) in [6.07, 6.45) is 2.99. The van der Waals surface area contributed by atoms with Crippen molar-refractivity contribution in [3.05, 3.63) is 30.7 Å². The van der Waals surface area contributed by atoms with E-state index in [4.69, 9.17) is 0 Å². The van der Waals surface area contributed by atoms with Crippen LogP contribution in [0, 0.1) is 0 Å². The number of hydrogen-bond acceptors (Lipinski definition) is 5. The minimum atomic E-state index is 0.0369. The summed E-state index contributed by atoms with van der Waals surface area (Å²) in [7, 11) is 0. The molecule has 0 aliphatic heterocycles. The summed E-state index contributed by atoms with van der Waals surface area (Å²) in [5, 5.41) is 19.1. The van der Waals surface area contributed by atoms with Crippen LogP contribution in [0.4, 0.5) is 0 Å². The zero-order valence-corrected chi connectivity index (χ0v) is 8.62. The average Bonchev–Trinajstić information content (AvgIpc) is 2.75. The lowest BCUT2D eigenvalue weighted by molar-refractivity contribution is 0.461. The minimum absolute atomic E-state index is 0.0369. The molecule has 6 nitrogen and oxygen atoms in total. The second-order valence-electron chi connectivity index (χ2n) is 3.55. The van der Waals surface area contributed by atoms with Gasteiger partial charge in [-0.25, -0.2) is 15.0 Å². The van der Waals surface area contributed by atoms with Gasteiger partial charge >= 0.3 is 0 Å². The van der Waals surface area contributed by atoms with E-state index >= 15 is 0 Å². The summed E-state index contributed by atoms with van der Waals surface area (Å²) in [5.74, 6) is 0.535. The molecule has 3 rings (SSSR count). The van der Waals surface area contributed by atoms with Gasteiger partial charge in [0.15, 0.2) is 5.65 Å². The fraction of sp³-hybridized carbons (Fsp3) is 0. The predicted octanol–water partition coefficient (Wildman–Crippen LogP) is 1.43. The highest BCUT2D eigenvalue weighted by molar-refractivity contribution is 5.77. The van der Waals surface area contributed by atoms with Gasteiger partial charge in [0.25, 0.3) is 0 Å². The number of H-pyrrole nitrogens is 1. The average molecular weight is 228 g/mol. The number of fused-ring (bicyclic) bond motifs is 1. The number of aromatic hydroxyl groups is 2. The van der Waals surface area contributed by atoms with Gasteiger partial charge in [-0.1, -0.05) is 0 Å². The van der Waals surface area contributed by atoms with Crippen molar-refractivity contribution in [3.63, 3.8) is 0 Å². The van der Waals surface area contributed by atoms with Gasteiger partial charge in [-0.15, -0.1) is 0 Å². The topological polar surface area (TPSA) is 94.9 Å². The first-order valence-corrected chi connectivity index (χ1v) is 4.92. The van der Waals surface area contributed by atoms with Crippen molar-refractivity contribution in [1.29, 1.82) is 0 Å². The van der Waals surface area contributed by atoms with Crippen molar-refractivity contribution >= 4 is 11.2 Å². The van der Waals surface area contributed by atoms with E-state index < -0.39 is 0 Å². The number of benzene rings is 1. The normalized spacial score (nSPS) is 10.8. The Kier molecular flexibility index (Phi) is 1.94. The molecular weight excluding hydrogens is 220 g/mol. The quantitative estimate of drug-likeness (QED) is 0.547. The van der Waals surface area contributed by atoms with Crippen LogP contribution in [0.25, 0.3) is 22.6 Å². The molecule has 2 heterocycles. The van der Waals surface area contributed by atoms with Gasteiger partial charge in [0.1, 0.15) is 29.2 Å². The molecule has 2 aromatic heterocycles. The molecule has 3 aromatic rings. The highest BCUT2D eigenvalue weighted by Crippen LogP contribution is 2.30. The molecule has 3 N–H and O–H groups in total. The minimum Gasteiger partial charge on any atom is -0.508 e. The Hall–Kier alpha value is -2.63. The lowest BCUT2D eigenvalue weighted by Crippen LogP contribution is -1.81. The van der Waals surface area contributed by atoms with Gasteiger partial charge < -0.3 is 15.2 Å². The zero-order valence-electron chi connectivity index (χ0n) is 8.62. The van der Waals surface area contributed by atoms with Gasteiger partial charge in [0, 0.05) is 0 Å². The van der Waals surface area contributed by atoms with E-state index in [-0.39, 0.29) is 11.5 Å². The second kappa shape index (κ2) is 3.44. The Bertz CT molecular complexity index is 660. The number of rotatable bonds is 1. The molecule has 84 valence electrons. The summed E-state index contributed by atoms with van der Waals surface area (Å²) in [4.78, 5) is 15.0. The van der Waals surface area contributed by atoms with Crippen molar-refractivity contribution in [3.8, 4) is 22.9 Å². The molecule has 0 saturated heterocycles. The van der Waals surface area contributed by atoms with E-state index in [1.54, 1.807) is 6.20 Å². The number of aromatic nitrogens is 4. The number of phenolic OH excluding ortho intramolecular Hbond substituents is 2. The molecule has 0 fully saturated rings. The van der Waals surface area contributed by atoms with Gasteiger partial charge in [0.05, 0.1) is 11.8 Å². The third-order valence-electron chi connectivity index (χ3n) is 2.40. The van der Waals surface area contributed by atoms with Crippen LogP contribution in [-0.4, -0.2) is 30.1 Å². The fourth-order valence-corrected chi connectivity index (χ4v) is 1.60. The van der Waals surface area contributed by atoms with Crippen molar-refractivity contribution in [2.75, 3.05) is 0 Å². The molecule has 0 radical (unpaired) electrons. The zero-order chi connectivity index (χ0) is 11.8. The molecule has 0 saturated carbocycles. The molecule has 0 amide bonds. The Balaban J connectivity index is 2.23. The summed E-state index contributed by atoms with van der Waals surface area (Å²) in [6, 6.07) is 4.24. The second-order valence-corrected chi connectivity index (χ2v) is 3.55. The molecule has 0 atom stereocenters. The standard InChI is InChI=1S/C11H8N4O2/c16-6-1-2-9(17)7(3-6)10-14-8-4-12-5-13-11(8)15-10/h1-5,16-17H,(H,12,13,14,15).